The number of carbonyl (C=O) groups is 2. The van der Waals surface area contributed by atoms with Crippen molar-refractivity contribution in [3.8, 4) is 0 Å². The molecule has 7 heteroatoms. The SMILES string of the molecule is Cc1nc(CC(=O)N[C@H](C)c2ccc(F)cc2)sc1C(=O)NC1CC1. The summed E-state index contributed by atoms with van der Waals surface area (Å²) in [6, 6.07) is 6.09. The molecule has 1 atom stereocenters. The minimum absolute atomic E-state index is 0.108. The van der Waals surface area contributed by atoms with Crippen LogP contribution in [0, 0.1) is 12.7 Å². The molecule has 0 unspecified atom stereocenters. The van der Waals surface area contributed by atoms with E-state index in [9.17, 15) is 14.0 Å². The van der Waals surface area contributed by atoms with Crippen LogP contribution >= 0.6 is 11.3 Å². The fourth-order valence-electron chi connectivity index (χ4n) is 2.48. The smallest absolute Gasteiger partial charge is 0.263 e. The molecule has 1 saturated carbocycles. The lowest BCUT2D eigenvalue weighted by molar-refractivity contribution is -0.121. The number of benzene rings is 1. The molecule has 0 bridgehead atoms. The standard InChI is InChI=1S/C18H20FN3O2S/c1-10(12-3-5-13(19)6-4-12)20-15(23)9-16-21-11(2)17(25-16)18(24)22-14-7-8-14/h3-6,10,14H,7-9H2,1-2H3,(H,20,23)(H,22,24)/t10-/m1/s1. The van der Waals surface area contributed by atoms with Crippen LogP contribution in [0.2, 0.25) is 0 Å². The van der Waals surface area contributed by atoms with Gasteiger partial charge in [0.1, 0.15) is 15.7 Å². The number of nitrogens with one attached hydrogen (secondary N) is 2. The molecule has 3 rings (SSSR count). The number of nitrogens with zero attached hydrogens (tertiary/aromatic N) is 1. The highest BCUT2D eigenvalue weighted by Gasteiger charge is 2.26. The molecular formula is C18H20FN3O2S. The summed E-state index contributed by atoms with van der Waals surface area (Å²) in [6.45, 7) is 3.62. The Hall–Kier alpha value is -2.28. The first-order chi connectivity index (χ1) is 11.9. The van der Waals surface area contributed by atoms with Crippen LogP contribution in [0.3, 0.4) is 0 Å². The zero-order valence-electron chi connectivity index (χ0n) is 14.1. The summed E-state index contributed by atoms with van der Waals surface area (Å²) in [6.07, 6.45) is 2.17. The molecule has 0 aliphatic heterocycles. The molecule has 2 N–H and O–H groups in total. The van der Waals surface area contributed by atoms with Crippen molar-refractivity contribution in [2.24, 2.45) is 0 Å². The van der Waals surface area contributed by atoms with Crippen LogP contribution in [-0.2, 0) is 11.2 Å². The molecule has 0 radical (unpaired) electrons. The average molecular weight is 361 g/mol. The Labute approximate surface area is 149 Å². The topological polar surface area (TPSA) is 71.1 Å². The molecule has 0 saturated heterocycles. The highest BCUT2D eigenvalue weighted by atomic mass is 32.1. The van der Waals surface area contributed by atoms with Gasteiger partial charge in [-0.2, -0.15) is 0 Å². The molecule has 1 heterocycles. The second-order valence-corrected chi connectivity index (χ2v) is 7.37. The zero-order chi connectivity index (χ0) is 18.0. The van der Waals surface area contributed by atoms with Gasteiger partial charge in [0.25, 0.3) is 5.91 Å². The third kappa shape index (κ3) is 4.63. The molecule has 1 aromatic carbocycles. The summed E-state index contributed by atoms with van der Waals surface area (Å²) >= 11 is 1.26. The van der Waals surface area contributed by atoms with Crippen LogP contribution in [-0.4, -0.2) is 22.8 Å². The molecule has 2 aromatic rings. The van der Waals surface area contributed by atoms with Gasteiger partial charge in [0.15, 0.2) is 0 Å². The number of hydrogen-bond donors (Lipinski definition) is 2. The fourth-order valence-corrected chi connectivity index (χ4v) is 3.45. The van der Waals surface area contributed by atoms with E-state index in [1.165, 1.54) is 23.5 Å². The minimum atomic E-state index is -0.308. The van der Waals surface area contributed by atoms with E-state index in [1.54, 1.807) is 19.1 Å². The van der Waals surface area contributed by atoms with Gasteiger partial charge in [0, 0.05) is 6.04 Å². The predicted octanol–water partition coefficient (Wildman–Crippen LogP) is 2.90. The molecule has 1 aliphatic carbocycles. The van der Waals surface area contributed by atoms with E-state index in [0.717, 1.165) is 18.4 Å². The van der Waals surface area contributed by atoms with Crippen molar-refractivity contribution >= 4 is 23.2 Å². The largest absolute Gasteiger partial charge is 0.349 e. The average Bonchev–Trinajstić information content (AvgIpc) is 3.29. The maximum Gasteiger partial charge on any atom is 0.263 e. The van der Waals surface area contributed by atoms with Crippen molar-refractivity contribution in [3.63, 3.8) is 0 Å². The second-order valence-electron chi connectivity index (χ2n) is 6.29. The van der Waals surface area contributed by atoms with E-state index in [-0.39, 0.29) is 36.1 Å². The number of rotatable bonds is 6. The van der Waals surface area contributed by atoms with Crippen LogP contribution in [0.25, 0.3) is 0 Å². The summed E-state index contributed by atoms with van der Waals surface area (Å²) in [5.41, 5.74) is 1.48. The van der Waals surface area contributed by atoms with Gasteiger partial charge < -0.3 is 10.6 Å². The lowest BCUT2D eigenvalue weighted by atomic mass is 10.1. The van der Waals surface area contributed by atoms with Crippen molar-refractivity contribution in [1.82, 2.24) is 15.6 Å². The van der Waals surface area contributed by atoms with E-state index < -0.39 is 0 Å². The molecule has 1 aromatic heterocycles. The third-order valence-electron chi connectivity index (χ3n) is 4.02. The molecule has 0 spiro atoms. The summed E-state index contributed by atoms with van der Waals surface area (Å²) in [5, 5.41) is 6.42. The lowest BCUT2D eigenvalue weighted by Gasteiger charge is -2.13. The normalized spacial score (nSPS) is 14.8. The monoisotopic (exact) mass is 361 g/mol. The fraction of sp³-hybridized carbons (Fsp3) is 0.389. The lowest BCUT2D eigenvalue weighted by Crippen LogP contribution is -2.28. The van der Waals surface area contributed by atoms with Gasteiger partial charge in [0.2, 0.25) is 5.91 Å². The summed E-state index contributed by atoms with van der Waals surface area (Å²) < 4.78 is 13.0. The van der Waals surface area contributed by atoms with Gasteiger partial charge in [-0.15, -0.1) is 11.3 Å². The van der Waals surface area contributed by atoms with E-state index >= 15 is 0 Å². The van der Waals surface area contributed by atoms with Crippen molar-refractivity contribution < 1.29 is 14.0 Å². The Balaban J connectivity index is 1.58. The first-order valence-electron chi connectivity index (χ1n) is 8.24. The quantitative estimate of drug-likeness (QED) is 0.831. The number of halogens is 1. The summed E-state index contributed by atoms with van der Waals surface area (Å²) in [5.74, 6) is -0.596. The summed E-state index contributed by atoms with van der Waals surface area (Å²) in [4.78, 5) is 29.3. The third-order valence-corrected chi connectivity index (χ3v) is 5.18. The van der Waals surface area contributed by atoms with Crippen LogP contribution in [0.1, 0.15) is 51.7 Å². The van der Waals surface area contributed by atoms with E-state index in [0.29, 0.717) is 15.6 Å². The van der Waals surface area contributed by atoms with Crippen LogP contribution in [0.5, 0.6) is 0 Å². The van der Waals surface area contributed by atoms with Gasteiger partial charge in [-0.25, -0.2) is 9.37 Å². The Kier molecular flexibility index (Phi) is 5.13. The number of hydrogen-bond acceptors (Lipinski definition) is 4. The van der Waals surface area contributed by atoms with Crippen LogP contribution in [0.15, 0.2) is 24.3 Å². The van der Waals surface area contributed by atoms with Gasteiger partial charge >= 0.3 is 0 Å². The Bertz CT molecular complexity index is 784. The maximum absolute atomic E-state index is 13.0. The van der Waals surface area contributed by atoms with Gasteiger partial charge in [0.05, 0.1) is 18.2 Å². The van der Waals surface area contributed by atoms with E-state index in [1.807, 2.05) is 6.92 Å². The minimum Gasteiger partial charge on any atom is -0.349 e. The number of aryl methyl sites for hydroxylation is 1. The first-order valence-corrected chi connectivity index (χ1v) is 9.06. The molecule has 132 valence electrons. The first kappa shape index (κ1) is 17.5. The summed E-state index contributed by atoms with van der Waals surface area (Å²) in [7, 11) is 0. The number of thiazole rings is 1. The second kappa shape index (κ2) is 7.31. The van der Waals surface area contributed by atoms with Gasteiger partial charge in [-0.1, -0.05) is 12.1 Å². The Morgan fingerprint density at radius 2 is 2.00 bits per heavy atom. The predicted molar refractivity (Wildman–Crippen MR) is 94.0 cm³/mol. The number of carbonyl (C=O) groups excluding carboxylic acids is 2. The Morgan fingerprint density at radius 3 is 2.64 bits per heavy atom. The number of amides is 2. The van der Waals surface area contributed by atoms with Crippen molar-refractivity contribution in [3.05, 3.63) is 51.2 Å². The van der Waals surface area contributed by atoms with E-state index in [4.69, 9.17) is 0 Å². The molecule has 1 fully saturated rings. The molecular weight excluding hydrogens is 341 g/mol. The highest BCUT2D eigenvalue weighted by Crippen LogP contribution is 2.23. The van der Waals surface area contributed by atoms with Crippen molar-refractivity contribution in [2.45, 2.75) is 45.2 Å². The molecule has 1 aliphatic rings. The van der Waals surface area contributed by atoms with Gasteiger partial charge in [-0.05, 0) is 44.4 Å². The Morgan fingerprint density at radius 1 is 1.32 bits per heavy atom. The van der Waals surface area contributed by atoms with Gasteiger partial charge in [-0.3, -0.25) is 9.59 Å². The molecule has 2 amide bonds. The van der Waals surface area contributed by atoms with Crippen molar-refractivity contribution in [1.29, 1.82) is 0 Å². The van der Waals surface area contributed by atoms with Crippen molar-refractivity contribution in [2.75, 3.05) is 0 Å². The highest BCUT2D eigenvalue weighted by molar-refractivity contribution is 7.13. The molecule has 25 heavy (non-hydrogen) atoms. The van der Waals surface area contributed by atoms with Crippen LogP contribution in [0.4, 0.5) is 4.39 Å². The number of aromatic nitrogens is 1. The zero-order valence-corrected chi connectivity index (χ0v) is 15.0. The maximum atomic E-state index is 13.0. The van der Waals surface area contributed by atoms with Crippen LogP contribution < -0.4 is 10.6 Å². The van der Waals surface area contributed by atoms with E-state index in [2.05, 4.69) is 15.6 Å². The molecule has 5 nitrogen and oxygen atoms in total.